The first-order valence-corrected chi connectivity index (χ1v) is 14.5. The van der Waals surface area contributed by atoms with Gasteiger partial charge in [-0.2, -0.15) is 0 Å². The predicted molar refractivity (Wildman–Crippen MR) is 148 cm³/mol. The van der Waals surface area contributed by atoms with Crippen LogP contribution in [0.15, 0.2) is 24.3 Å². The van der Waals surface area contributed by atoms with Crippen molar-refractivity contribution in [2.75, 3.05) is 59.5 Å². The lowest BCUT2D eigenvalue weighted by molar-refractivity contribution is 0.113. The second kappa shape index (κ2) is 19.1. The summed E-state index contributed by atoms with van der Waals surface area (Å²) in [6, 6.07) is 8.56. The first-order chi connectivity index (χ1) is 16.7. The molecule has 0 bridgehead atoms. The van der Waals surface area contributed by atoms with E-state index in [1.807, 2.05) is 0 Å². The van der Waals surface area contributed by atoms with Crippen LogP contribution in [0.1, 0.15) is 96.5 Å². The summed E-state index contributed by atoms with van der Waals surface area (Å²) in [5, 5.41) is 0. The molecule has 1 aromatic carbocycles. The van der Waals surface area contributed by atoms with Gasteiger partial charge in [0.2, 0.25) is 0 Å². The molecule has 4 heteroatoms. The van der Waals surface area contributed by atoms with Gasteiger partial charge in [0.1, 0.15) is 5.75 Å². The van der Waals surface area contributed by atoms with Gasteiger partial charge in [0.15, 0.2) is 0 Å². The van der Waals surface area contributed by atoms with Crippen LogP contribution in [0.25, 0.3) is 0 Å². The molecule has 0 unspecified atom stereocenters. The minimum absolute atomic E-state index is 0.944. The average molecular weight is 474 g/mol. The second-order valence-electron chi connectivity index (χ2n) is 10.3. The van der Waals surface area contributed by atoms with Crippen LogP contribution in [0.3, 0.4) is 0 Å². The van der Waals surface area contributed by atoms with E-state index in [1.54, 1.807) is 7.11 Å². The van der Waals surface area contributed by atoms with Crippen LogP contribution in [-0.2, 0) is 6.54 Å². The maximum atomic E-state index is 5.29. The molecule has 1 aliphatic heterocycles. The van der Waals surface area contributed by atoms with Crippen LogP contribution in [0, 0.1) is 0 Å². The van der Waals surface area contributed by atoms with Gasteiger partial charge in [-0.1, -0.05) is 90.2 Å². The van der Waals surface area contributed by atoms with Crippen molar-refractivity contribution >= 4 is 0 Å². The normalized spacial score (nSPS) is 15.3. The third-order valence-corrected chi connectivity index (χ3v) is 7.42. The summed E-state index contributed by atoms with van der Waals surface area (Å²) in [5.41, 5.74) is 1.39. The summed E-state index contributed by atoms with van der Waals surface area (Å²) < 4.78 is 5.29. The van der Waals surface area contributed by atoms with Gasteiger partial charge in [-0.25, -0.2) is 0 Å². The minimum Gasteiger partial charge on any atom is -0.497 e. The Labute approximate surface area is 212 Å². The maximum Gasteiger partial charge on any atom is 0.118 e. The summed E-state index contributed by atoms with van der Waals surface area (Å²) >= 11 is 0. The molecular formula is C30H55N3O. The zero-order valence-electron chi connectivity index (χ0n) is 22.9. The fourth-order valence-corrected chi connectivity index (χ4v) is 5.01. The van der Waals surface area contributed by atoms with E-state index in [2.05, 4.69) is 52.8 Å². The van der Waals surface area contributed by atoms with Crippen molar-refractivity contribution in [2.45, 2.75) is 97.4 Å². The zero-order chi connectivity index (χ0) is 24.3. The number of benzene rings is 1. The van der Waals surface area contributed by atoms with Crippen LogP contribution in [0.5, 0.6) is 5.75 Å². The highest BCUT2D eigenvalue weighted by molar-refractivity contribution is 5.27. The van der Waals surface area contributed by atoms with E-state index in [1.165, 1.54) is 135 Å². The van der Waals surface area contributed by atoms with E-state index < -0.39 is 0 Å². The molecule has 4 nitrogen and oxygen atoms in total. The number of methoxy groups -OCH3 is 1. The van der Waals surface area contributed by atoms with Crippen molar-refractivity contribution in [2.24, 2.45) is 0 Å². The van der Waals surface area contributed by atoms with Crippen molar-refractivity contribution in [1.82, 2.24) is 14.7 Å². The molecule has 1 heterocycles. The molecule has 0 atom stereocenters. The summed E-state index contributed by atoms with van der Waals surface area (Å²) in [6.45, 7) is 15.5. The highest BCUT2D eigenvalue weighted by Gasteiger charge is 2.17. The van der Waals surface area contributed by atoms with Crippen LogP contribution < -0.4 is 4.74 Å². The number of rotatable bonds is 20. The number of ether oxygens (including phenoxy) is 1. The van der Waals surface area contributed by atoms with Crippen molar-refractivity contribution in [1.29, 1.82) is 0 Å². The third-order valence-electron chi connectivity index (χ3n) is 7.42. The molecule has 0 radical (unpaired) electrons. The lowest BCUT2D eigenvalue weighted by Crippen LogP contribution is -2.48. The van der Waals surface area contributed by atoms with E-state index in [0.29, 0.717) is 0 Å². The Morgan fingerprint density at radius 3 is 1.68 bits per heavy atom. The number of unbranched alkanes of at least 4 members (excludes halogenated alkanes) is 10. The monoisotopic (exact) mass is 473 g/mol. The fraction of sp³-hybridized carbons (Fsp3) is 0.800. The molecule has 2 rings (SSSR count). The topological polar surface area (TPSA) is 19.0 Å². The van der Waals surface area contributed by atoms with Gasteiger partial charge in [0, 0.05) is 45.8 Å². The molecule has 0 amide bonds. The van der Waals surface area contributed by atoms with E-state index >= 15 is 0 Å². The second-order valence-corrected chi connectivity index (χ2v) is 10.3. The molecule has 0 aliphatic carbocycles. The van der Waals surface area contributed by atoms with E-state index in [9.17, 15) is 0 Å². The fourth-order valence-electron chi connectivity index (χ4n) is 5.01. The lowest BCUT2D eigenvalue weighted by atomic mass is 10.1. The molecule has 34 heavy (non-hydrogen) atoms. The molecule has 1 saturated heterocycles. The Morgan fingerprint density at radius 1 is 0.647 bits per heavy atom. The standard InChI is InChI=1S/C30H55N3O/c1-4-6-8-10-12-14-20-31(21-15-13-11-9-7-5-2)22-23-32-24-26-33(27-25-32)28-29-16-18-30(34-3)19-17-29/h16-19H,4-15,20-28H2,1-3H3. The van der Waals surface area contributed by atoms with Crippen LogP contribution >= 0.6 is 0 Å². The van der Waals surface area contributed by atoms with Crippen molar-refractivity contribution < 1.29 is 4.74 Å². The number of piperazine rings is 1. The average Bonchev–Trinajstić information content (AvgIpc) is 2.87. The van der Waals surface area contributed by atoms with E-state index in [-0.39, 0.29) is 0 Å². The van der Waals surface area contributed by atoms with E-state index in [0.717, 1.165) is 12.3 Å². The zero-order valence-corrected chi connectivity index (χ0v) is 22.9. The van der Waals surface area contributed by atoms with E-state index in [4.69, 9.17) is 4.74 Å². The third kappa shape index (κ3) is 13.1. The van der Waals surface area contributed by atoms with Crippen molar-refractivity contribution in [3.05, 3.63) is 29.8 Å². The van der Waals surface area contributed by atoms with Gasteiger partial charge >= 0.3 is 0 Å². The maximum absolute atomic E-state index is 5.29. The number of nitrogens with zero attached hydrogens (tertiary/aromatic N) is 3. The number of hydrogen-bond donors (Lipinski definition) is 0. The van der Waals surface area contributed by atoms with Gasteiger partial charge in [-0.15, -0.1) is 0 Å². The Hall–Kier alpha value is -1.10. The smallest absolute Gasteiger partial charge is 0.118 e. The first kappa shape index (κ1) is 29.1. The molecule has 1 aromatic rings. The summed E-state index contributed by atoms with van der Waals surface area (Å²) in [5.74, 6) is 0.944. The lowest BCUT2D eigenvalue weighted by Gasteiger charge is -2.36. The predicted octanol–water partition coefficient (Wildman–Crippen LogP) is 6.84. The number of hydrogen-bond acceptors (Lipinski definition) is 4. The molecule has 0 N–H and O–H groups in total. The van der Waals surface area contributed by atoms with Crippen LogP contribution in [0.2, 0.25) is 0 Å². The Balaban J connectivity index is 1.65. The van der Waals surface area contributed by atoms with Gasteiger partial charge in [-0.3, -0.25) is 9.80 Å². The van der Waals surface area contributed by atoms with Gasteiger partial charge < -0.3 is 9.64 Å². The van der Waals surface area contributed by atoms with Crippen molar-refractivity contribution in [3.63, 3.8) is 0 Å². The highest BCUT2D eigenvalue weighted by Crippen LogP contribution is 2.14. The molecular weight excluding hydrogens is 418 g/mol. The van der Waals surface area contributed by atoms with Gasteiger partial charge in [0.05, 0.1) is 7.11 Å². The molecule has 0 aromatic heterocycles. The summed E-state index contributed by atoms with van der Waals surface area (Å²) in [4.78, 5) is 8.08. The Morgan fingerprint density at radius 2 is 1.15 bits per heavy atom. The Kier molecular flexibility index (Phi) is 16.4. The minimum atomic E-state index is 0.944. The SMILES string of the molecule is CCCCCCCCN(CCCCCCCC)CCN1CCN(Cc2ccc(OC)cc2)CC1. The van der Waals surface area contributed by atoms with Crippen LogP contribution in [-0.4, -0.2) is 74.2 Å². The highest BCUT2D eigenvalue weighted by atomic mass is 16.5. The molecule has 1 aliphatic rings. The van der Waals surface area contributed by atoms with Crippen LogP contribution in [0.4, 0.5) is 0 Å². The molecule has 0 saturated carbocycles. The summed E-state index contributed by atoms with van der Waals surface area (Å²) in [7, 11) is 1.73. The molecule has 1 fully saturated rings. The molecule has 196 valence electrons. The summed E-state index contributed by atoms with van der Waals surface area (Å²) in [6.07, 6.45) is 16.8. The first-order valence-electron chi connectivity index (χ1n) is 14.5. The largest absolute Gasteiger partial charge is 0.497 e. The quantitative estimate of drug-likeness (QED) is 0.193. The Bertz CT molecular complexity index is 567. The van der Waals surface area contributed by atoms with Gasteiger partial charge in [-0.05, 0) is 43.6 Å². The molecule has 0 spiro atoms. The van der Waals surface area contributed by atoms with Gasteiger partial charge in [0.25, 0.3) is 0 Å². The van der Waals surface area contributed by atoms with Crippen molar-refractivity contribution in [3.8, 4) is 5.75 Å².